The van der Waals surface area contributed by atoms with E-state index in [4.69, 9.17) is 14.2 Å². The molecule has 0 N–H and O–H groups in total. The van der Waals surface area contributed by atoms with Crippen LogP contribution in [-0.4, -0.2) is 36.5 Å². The monoisotopic (exact) mass is 459 g/mol. The molecular weight excluding hydrogens is 422 g/mol. The molecule has 6 heteroatoms. The molecule has 1 aromatic heterocycles. The zero-order valence-corrected chi connectivity index (χ0v) is 20.5. The number of thioether (sulfide) groups is 1. The SMILES string of the molecule is CCOC(=O)C(C)(C)CCCCOc1ccc(OCCCCCSc2ccncc2)cc1. The summed E-state index contributed by atoms with van der Waals surface area (Å²) in [6, 6.07) is 11.9. The van der Waals surface area contributed by atoms with E-state index in [1.165, 1.54) is 11.3 Å². The van der Waals surface area contributed by atoms with E-state index in [1.54, 1.807) is 0 Å². The highest BCUT2D eigenvalue weighted by Gasteiger charge is 2.28. The summed E-state index contributed by atoms with van der Waals surface area (Å²) in [5.74, 6) is 2.71. The number of hydrogen-bond acceptors (Lipinski definition) is 6. The van der Waals surface area contributed by atoms with Crippen molar-refractivity contribution < 1.29 is 19.0 Å². The molecule has 0 unspecified atom stereocenters. The van der Waals surface area contributed by atoms with Gasteiger partial charge in [0.2, 0.25) is 0 Å². The fourth-order valence-corrected chi connectivity index (χ4v) is 4.01. The van der Waals surface area contributed by atoms with E-state index in [9.17, 15) is 4.79 Å². The van der Waals surface area contributed by atoms with Crippen molar-refractivity contribution in [3.63, 3.8) is 0 Å². The minimum absolute atomic E-state index is 0.125. The Hall–Kier alpha value is -2.21. The normalized spacial score (nSPS) is 11.2. The number of esters is 1. The highest BCUT2D eigenvalue weighted by Crippen LogP contribution is 2.25. The number of aromatic nitrogens is 1. The van der Waals surface area contributed by atoms with E-state index < -0.39 is 5.41 Å². The number of carbonyl (C=O) groups is 1. The van der Waals surface area contributed by atoms with E-state index >= 15 is 0 Å². The van der Waals surface area contributed by atoms with Crippen LogP contribution < -0.4 is 9.47 Å². The average Bonchev–Trinajstić information content (AvgIpc) is 2.80. The van der Waals surface area contributed by atoms with E-state index in [-0.39, 0.29) is 5.97 Å². The van der Waals surface area contributed by atoms with Gasteiger partial charge in [-0.05, 0) is 101 Å². The van der Waals surface area contributed by atoms with Crippen LogP contribution in [0.2, 0.25) is 0 Å². The molecule has 1 heterocycles. The zero-order valence-electron chi connectivity index (χ0n) is 19.7. The van der Waals surface area contributed by atoms with Crippen molar-refractivity contribution in [2.45, 2.75) is 64.2 Å². The molecule has 1 aromatic carbocycles. The van der Waals surface area contributed by atoms with Crippen molar-refractivity contribution in [2.24, 2.45) is 5.41 Å². The lowest BCUT2D eigenvalue weighted by molar-refractivity contribution is -0.153. The lowest BCUT2D eigenvalue weighted by Crippen LogP contribution is -2.26. The maximum Gasteiger partial charge on any atom is 0.311 e. The number of rotatable bonds is 16. The molecule has 5 nitrogen and oxygen atoms in total. The Morgan fingerprint density at radius 2 is 1.47 bits per heavy atom. The zero-order chi connectivity index (χ0) is 23.1. The molecular formula is C26H37NO4S. The van der Waals surface area contributed by atoms with Gasteiger partial charge in [0.25, 0.3) is 0 Å². The predicted octanol–water partition coefficient (Wildman–Crippen LogP) is 6.56. The molecule has 0 bridgehead atoms. The molecule has 0 fully saturated rings. The van der Waals surface area contributed by atoms with Gasteiger partial charge in [0, 0.05) is 17.3 Å². The molecule has 0 atom stereocenters. The minimum Gasteiger partial charge on any atom is -0.494 e. The van der Waals surface area contributed by atoms with Gasteiger partial charge >= 0.3 is 5.97 Å². The molecule has 0 saturated heterocycles. The van der Waals surface area contributed by atoms with Crippen LogP contribution in [0.3, 0.4) is 0 Å². The van der Waals surface area contributed by atoms with Gasteiger partial charge in [-0.2, -0.15) is 0 Å². The third-order valence-corrected chi connectivity index (χ3v) is 6.19. The Morgan fingerprint density at radius 3 is 2.06 bits per heavy atom. The second-order valence-electron chi connectivity index (χ2n) is 8.32. The first kappa shape index (κ1) is 26.0. The second-order valence-corrected chi connectivity index (χ2v) is 9.49. The standard InChI is InChI=1S/C26H37NO4S/c1-4-29-25(28)26(2,3)16-6-8-20-31-23-12-10-22(11-13-23)30-19-7-5-9-21-32-24-14-17-27-18-15-24/h10-15,17-18H,4-9,16,19-21H2,1-3H3. The smallest absolute Gasteiger partial charge is 0.311 e. The first-order valence-corrected chi connectivity index (χ1v) is 12.6. The quantitative estimate of drug-likeness (QED) is 0.161. The number of ether oxygens (including phenoxy) is 3. The van der Waals surface area contributed by atoms with Crippen molar-refractivity contribution in [2.75, 3.05) is 25.6 Å². The largest absolute Gasteiger partial charge is 0.494 e. The summed E-state index contributed by atoms with van der Waals surface area (Å²) in [7, 11) is 0. The third kappa shape index (κ3) is 10.4. The molecule has 2 aromatic rings. The van der Waals surface area contributed by atoms with Crippen molar-refractivity contribution in [3.8, 4) is 11.5 Å². The summed E-state index contributed by atoms with van der Waals surface area (Å²) in [6.07, 6.45) is 9.69. The van der Waals surface area contributed by atoms with Gasteiger partial charge in [-0.15, -0.1) is 11.8 Å². The number of benzene rings is 1. The molecule has 0 amide bonds. The van der Waals surface area contributed by atoms with Crippen LogP contribution in [0.25, 0.3) is 0 Å². The van der Waals surface area contributed by atoms with Crippen LogP contribution in [0, 0.1) is 5.41 Å². The van der Waals surface area contributed by atoms with Crippen LogP contribution in [0.15, 0.2) is 53.7 Å². The molecule has 176 valence electrons. The van der Waals surface area contributed by atoms with E-state index in [2.05, 4.69) is 4.98 Å². The summed E-state index contributed by atoms with van der Waals surface area (Å²) < 4.78 is 16.8. The van der Waals surface area contributed by atoms with E-state index in [1.807, 2.05) is 81.3 Å². The lowest BCUT2D eigenvalue weighted by atomic mass is 9.87. The third-order valence-electron chi connectivity index (χ3n) is 5.09. The van der Waals surface area contributed by atoms with E-state index in [0.29, 0.717) is 13.2 Å². The Labute approximate surface area is 197 Å². The summed E-state index contributed by atoms with van der Waals surface area (Å²) in [5.41, 5.74) is -0.437. The molecule has 2 rings (SSSR count). The summed E-state index contributed by atoms with van der Waals surface area (Å²) in [4.78, 5) is 17.2. The van der Waals surface area contributed by atoms with Gasteiger partial charge in [-0.3, -0.25) is 9.78 Å². The highest BCUT2D eigenvalue weighted by molar-refractivity contribution is 7.99. The summed E-state index contributed by atoms with van der Waals surface area (Å²) in [5, 5.41) is 0. The van der Waals surface area contributed by atoms with Crippen LogP contribution in [-0.2, 0) is 9.53 Å². The fourth-order valence-electron chi connectivity index (χ4n) is 3.12. The Morgan fingerprint density at radius 1 is 0.875 bits per heavy atom. The number of nitrogens with zero attached hydrogens (tertiary/aromatic N) is 1. The van der Waals surface area contributed by atoms with Crippen LogP contribution in [0.1, 0.15) is 59.3 Å². The summed E-state index contributed by atoms with van der Waals surface area (Å²) >= 11 is 1.87. The molecule has 0 aliphatic rings. The van der Waals surface area contributed by atoms with Gasteiger partial charge < -0.3 is 14.2 Å². The van der Waals surface area contributed by atoms with Gasteiger partial charge in [0.15, 0.2) is 0 Å². The molecule has 0 aliphatic carbocycles. The highest BCUT2D eigenvalue weighted by atomic mass is 32.2. The number of hydrogen-bond donors (Lipinski definition) is 0. The second kappa shape index (κ2) is 14.8. The van der Waals surface area contributed by atoms with E-state index in [0.717, 1.165) is 56.0 Å². The molecule has 0 spiro atoms. The van der Waals surface area contributed by atoms with Crippen molar-refractivity contribution in [1.29, 1.82) is 0 Å². The van der Waals surface area contributed by atoms with Gasteiger partial charge in [-0.1, -0.05) is 0 Å². The van der Waals surface area contributed by atoms with Gasteiger partial charge in [-0.25, -0.2) is 0 Å². The molecule has 0 radical (unpaired) electrons. The van der Waals surface area contributed by atoms with Crippen LogP contribution >= 0.6 is 11.8 Å². The predicted molar refractivity (Wildman–Crippen MR) is 131 cm³/mol. The number of unbranched alkanes of at least 4 members (excludes halogenated alkanes) is 3. The maximum absolute atomic E-state index is 11.9. The lowest BCUT2D eigenvalue weighted by Gasteiger charge is -2.21. The Kier molecular flexibility index (Phi) is 12.0. The van der Waals surface area contributed by atoms with Gasteiger partial charge in [0.1, 0.15) is 11.5 Å². The van der Waals surface area contributed by atoms with Gasteiger partial charge in [0.05, 0.1) is 25.2 Å². The van der Waals surface area contributed by atoms with Crippen molar-refractivity contribution >= 4 is 17.7 Å². The molecule has 32 heavy (non-hydrogen) atoms. The number of pyridine rings is 1. The van der Waals surface area contributed by atoms with Crippen molar-refractivity contribution in [3.05, 3.63) is 48.8 Å². The van der Waals surface area contributed by atoms with Crippen LogP contribution in [0.5, 0.6) is 11.5 Å². The Bertz CT molecular complexity index is 765. The minimum atomic E-state index is -0.437. The Balaban J connectivity index is 1.51. The first-order chi connectivity index (χ1) is 15.5. The average molecular weight is 460 g/mol. The van der Waals surface area contributed by atoms with Crippen molar-refractivity contribution in [1.82, 2.24) is 4.98 Å². The van der Waals surface area contributed by atoms with Crippen LogP contribution in [0.4, 0.5) is 0 Å². The fraction of sp³-hybridized carbons (Fsp3) is 0.538. The molecule has 0 saturated carbocycles. The summed E-state index contributed by atoms with van der Waals surface area (Å²) in [6.45, 7) is 7.51. The topological polar surface area (TPSA) is 57.7 Å². The first-order valence-electron chi connectivity index (χ1n) is 11.6. The number of carbonyl (C=O) groups excluding carboxylic acids is 1. The molecule has 0 aliphatic heterocycles. The maximum atomic E-state index is 11.9.